The molecular weight excluding hydrogens is 302 g/mol. The van der Waals surface area contributed by atoms with Crippen molar-refractivity contribution >= 4 is 35.1 Å². The molecule has 4 nitrogen and oxygen atoms in total. The molecule has 4 heteroatoms. The minimum absolute atomic E-state index is 0.376. The van der Waals surface area contributed by atoms with E-state index in [1.807, 2.05) is 61.5 Å². The first-order valence-electron chi connectivity index (χ1n) is 7.55. The van der Waals surface area contributed by atoms with Crippen molar-refractivity contribution in [2.24, 2.45) is 0 Å². The average Bonchev–Trinajstić information content (AvgIpc) is 2.59. The van der Waals surface area contributed by atoms with Gasteiger partial charge in [-0.25, -0.2) is 4.79 Å². The molecule has 3 rings (SSSR count). The summed E-state index contributed by atoms with van der Waals surface area (Å²) >= 11 is 0. The maximum atomic E-state index is 12.2. The molecule has 120 valence electrons. The van der Waals surface area contributed by atoms with Crippen LogP contribution in [0.15, 0.2) is 57.7 Å². The fraction of sp³-hybridized carbons (Fsp3) is 0.100. The lowest BCUT2D eigenvalue weighted by atomic mass is 10.1. The van der Waals surface area contributed by atoms with Crippen molar-refractivity contribution < 1.29 is 9.21 Å². The maximum Gasteiger partial charge on any atom is 0.343 e. The topological polar surface area (TPSA) is 50.5 Å². The number of anilines is 1. The average molecular weight is 319 g/mol. The van der Waals surface area contributed by atoms with Crippen molar-refractivity contribution in [2.75, 3.05) is 19.0 Å². The van der Waals surface area contributed by atoms with Crippen molar-refractivity contribution in [2.45, 2.75) is 0 Å². The second kappa shape index (κ2) is 6.54. The van der Waals surface area contributed by atoms with Crippen LogP contribution in [0.3, 0.4) is 0 Å². The van der Waals surface area contributed by atoms with Crippen LogP contribution < -0.4 is 10.5 Å². The van der Waals surface area contributed by atoms with Crippen LogP contribution in [0.5, 0.6) is 0 Å². The number of fused-ring (bicyclic) bond motifs is 1. The quantitative estimate of drug-likeness (QED) is 0.541. The summed E-state index contributed by atoms with van der Waals surface area (Å²) in [7, 11) is 3.87. The Bertz CT molecular complexity index is 966. The van der Waals surface area contributed by atoms with Gasteiger partial charge in [0.15, 0.2) is 0 Å². The van der Waals surface area contributed by atoms with Crippen LogP contribution in [0.1, 0.15) is 21.5 Å². The summed E-state index contributed by atoms with van der Waals surface area (Å²) in [4.78, 5) is 24.8. The van der Waals surface area contributed by atoms with Crippen LogP contribution in [0, 0.1) is 0 Å². The van der Waals surface area contributed by atoms with E-state index in [2.05, 4.69) is 0 Å². The van der Waals surface area contributed by atoms with Gasteiger partial charge >= 0.3 is 5.63 Å². The molecule has 0 spiro atoms. The monoisotopic (exact) mass is 319 g/mol. The predicted molar refractivity (Wildman–Crippen MR) is 97.6 cm³/mol. The van der Waals surface area contributed by atoms with E-state index in [0.29, 0.717) is 16.7 Å². The molecule has 0 saturated carbocycles. The summed E-state index contributed by atoms with van der Waals surface area (Å²) in [6, 6.07) is 14.7. The summed E-state index contributed by atoms with van der Waals surface area (Å²) in [6.45, 7) is 0. The molecular formula is C20H17NO3. The van der Waals surface area contributed by atoms with Crippen molar-refractivity contribution in [3.8, 4) is 0 Å². The van der Waals surface area contributed by atoms with Gasteiger partial charge in [-0.2, -0.15) is 0 Å². The molecule has 1 aromatic heterocycles. The molecule has 0 radical (unpaired) electrons. The van der Waals surface area contributed by atoms with Gasteiger partial charge in [0.25, 0.3) is 0 Å². The molecule has 0 unspecified atom stereocenters. The molecule has 24 heavy (non-hydrogen) atoms. The zero-order chi connectivity index (χ0) is 17.1. The normalized spacial score (nSPS) is 11.1. The summed E-state index contributed by atoms with van der Waals surface area (Å²) in [5, 5.41) is 0.871. The molecule has 3 aromatic rings. The van der Waals surface area contributed by atoms with Gasteiger partial charge in [0, 0.05) is 36.8 Å². The number of carbonyl (C=O) groups excluding carboxylic acids is 1. The lowest BCUT2D eigenvalue weighted by Gasteiger charge is -2.12. The Hall–Kier alpha value is -3.14. The van der Waals surface area contributed by atoms with Crippen molar-refractivity contribution in [1.29, 1.82) is 0 Å². The van der Waals surface area contributed by atoms with E-state index in [1.165, 1.54) is 0 Å². The van der Waals surface area contributed by atoms with E-state index >= 15 is 0 Å². The van der Waals surface area contributed by atoms with E-state index in [-0.39, 0.29) is 5.63 Å². The molecule has 0 aliphatic heterocycles. The van der Waals surface area contributed by atoms with Gasteiger partial charge in [-0.3, -0.25) is 4.79 Å². The smallest absolute Gasteiger partial charge is 0.343 e. The zero-order valence-electron chi connectivity index (χ0n) is 13.5. The van der Waals surface area contributed by atoms with Gasteiger partial charge in [-0.15, -0.1) is 0 Å². The highest BCUT2D eigenvalue weighted by molar-refractivity contribution is 5.83. The van der Waals surface area contributed by atoms with Gasteiger partial charge in [0.05, 0.1) is 5.56 Å². The van der Waals surface area contributed by atoms with Gasteiger partial charge in [0.1, 0.15) is 11.9 Å². The number of hydrogen-bond acceptors (Lipinski definition) is 4. The van der Waals surface area contributed by atoms with E-state index in [9.17, 15) is 9.59 Å². The Balaban J connectivity index is 1.95. The Morgan fingerprint density at radius 3 is 2.29 bits per heavy atom. The van der Waals surface area contributed by atoms with E-state index in [0.717, 1.165) is 22.9 Å². The van der Waals surface area contributed by atoms with E-state index in [4.69, 9.17) is 4.42 Å². The van der Waals surface area contributed by atoms with Crippen LogP contribution in [-0.4, -0.2) is 20.4 Å². The first kappa shape index (κ1) is 15.7. The first-order valence-corrected chi connectivity index (χ1v) is 7.55. The Kier molecular flexibility index (Phi) is 4.29. The molecule has 0 atom stereocenters. The highest BCUT2D eigenvalue weighted by Crippen LogP contribution is 2.21. The van der Waals surface area contributed by atoms with Crippen LogP contribution in [0.2, 0.25) is 0 Å². The number of nitrogens with zero attached hydrogens (tertiary/aromatic N) is 1. The van der Waals surface area contributed by atoms with Crippen molar-refractivity contribution in [1.82, 2.24) is 0 Å². The number of benzene rings is 2. The molecule has 0 saturated heterocycles. The highest BCUT2D eigenvalue weighted by Gasteiger charge is 2.05. The Morgan fingerprint density at radius 1 is 0.917 bits per heavy atom. The molecule has 0 amide bonds. The molecule has 0 aliphatic rings. The van der Waals surface area contributed by atoms with Crippen molar-refractivity contribution in [3.63, 3.8) is 0 Å². The zero-order valence-corrected chi connectivity index (χ0v) is 13.5. The van der Waals surface area contributed by atoms with Gasteiger partial charge < -0.3 is 9.32 Å². The first-order chi connectivity index (χ1) is 11.6. The lowest BCUT2D eigenvalue weighted by molar-refractivity contribution is 0.112. The van der Waals surface area contributed by atoms with Gasteiger partial charge in [-0.05, 0) is 29.8 Å². The predicted octanol–water partition coefficient (Wildman–Crippen LogP) is 3.84. The molecule has 0 bridgehead atoms. The van der Waals surface area contributed by atoms with Crippen LogP contribution in [-0.2, 0) is 0 Å². The molecule has 0 aliphatic carbocycles. The number of carbonyl (C=O) groups is 1. The van der Waals surface area contributed by atoms with E-state index in [1.54, 1.807) is 18.2 Å². The third-order valence-electron chi connectivity index (χ3n) is 3.79. The number of rotatable bonds is 4. The molecule has 0 N–H and O–H groups in total. The summed E-state index contributed by atoms with van der Waals surface area (Å²) < 4.78 is 5.43. The fourth-order valence-electron chi connectivity index (χ4n) is 2.38. The van der Waals surface area contributed by atoms with Crippen LogP contribution in [0.25, 0.3) is 23.1 Å². The van der Waals surface area contributed by atoms with Crippen molar-refractivity contribution in [3.05, 3.63) is 75.6 Å². The van der Waals surface area contributed by atoms with E-state index < -0.39 is 0 Å². The lowest BCUT2D eigenvalue weighted by Crippen LogP contribution is -2.08. The maximum absolute atomic E-state index is 12.2. The van der Waals surface area contributed by atoms with Gasteiger partial charge in [-0.1, -0.05) is 30.3 Å². The van der Waals surface area contributed by atoms with Crippen LogP contribution in [0.4, 0.5) is 5.69 Å². The second-order valence-corrected chi connectivity index (χ2v) is 5.72. The molecule has 1 heterocycles. The molecule has 0 fully saturated rings. The van der Waals surface area contributed by atoms with Gasteiger partial charge in [0.2, 0.25) is 0 Å². The molecule has 2 aromatic carbocycles. The Labute approximate surface area is 139 Å². The third-order valence-corrected chi connectivity index (χ3v) is 3.79. The number of aldehydes is 1. The Morgan fingerprint density at radius 2 is 1.62 bits per heavy atom. The number of hydrogen-bond donors (Lipinski definition) is 0. The largest absolute Gasteiger partial charge is 0.422 e. The summed E-state index contributed by atoms with van der Waals surface area (Å²) in [5.41, 5.74) is 3.18. The SMILES string of the molecule is CN(C)c1ccc2cc(/C=C/c3ccc(C=O)cc3)c(=O)oc2c1. The fourth-order valence-corrected chi connectivity index (χ4v) is 2.38. The van der Waals surface area contributed by atoms with Crippen LogP contribution >= 0.6 is 0 Å². The standard InChI is InChI=1S/C20H17NO3/c1-21(2)18-10-9-16-11-17(20(23)24-19(16)12-18)8-7-14-3-5-15(13-22)6-4-14/h3-13H,1-2H3/b8-7+. The highest BCUT2D eigenvalue weighted by atomic mass is 16.4. The second-order valence-electron chi connectivity index (χ2n) is 5.72. The summed E-state index contributed by atoms with van der Waals surface area (Å²) in [5.74, 6) is 0. The third kappa shape index (κ3) is 3.27. The minimum atomic E-state index is -0.376. The summed E-state index contributed by atoms with van der Waals surface area (Å²) in [6.07, 6.45) is 4.34. The minimum Gasteiger partial charge on any atom is -0.422 e.